The second kappa shape index (κ2) is 7.79. The van der Waals surface area contributed by atoms with E-state index in [0.29, 0.717) is 22.5 Å². The van der Waals surface area contributed by atoms with Crippen molar-refractivity contribution < 1.29 is 19.5 Å². The molecule has 150 valence electrons. The van der Waals surface area contributed by atoms with Crippen LogP contribution < -0.4 is 10.6 Å². The van der Waals surface area contributed by atoms with Crippen molar-refractivity contribution >= 4 is 29.0 Å². The van der Waals surface area contributed by atoms with Gasteiger partial charge in [0.1, 0.15) is 0 Å². The molecule has 6 nitrogen and oxygen atoms in total. The number of aliphatic hydroxyl groups is 1. The first-order valence-electron chi connectivity index (χ1n) is 10.0. The molecule has 0 bridgehead atoms. The van der Waals surface area contributed by atoms with E-state index >= 15 is 0 Å². The van der Waals surface area contributed by atoms with Gasteiger partial charge in [0.25, 0.3) is 5.91 Å². The molecule has 0 spiro atoms. The fourth-order valence-electron chi connectivity index (χ4n) is 4.16. The molecule has 3 N–H and O–H groups in total. The number of carbonyl (C=O) groups is 3. The molecule has 1 heterocycles. The fraction of sp³-hybridized carbons (Fsp3) is 0.348. The van der Waals surface area contributed by atoms with Gasteiger partial charge in [-0.25, -0.2) is 0 Å². The average molecular weight is 392 g/mol. The summed E-state index contributed by atoms with van der Waals surface area (Å²) in [4.78, 5) is 37.4. The summed E-state index contributed by atoms with van der Waals surface area (Å²) in [5.74, 6) is -0.856. The molecule has 1 aliphatic heterocycles. The van der Waals surface area contributed by atoms with Crippen LogP contribution in [0.4, 0.5) is 11.4 Å². The van der Waals surface area contributed by atoms with Crippen LogP contribution in [-0.2, 0) is 15.2 Å². The van der Waals surface area contributed by atoms with Gasteiger partial charge >= 0.3 is 0 Å². The zero-order valence-corrected chi connectivity index (χ0v) is 16.1. The molecule has 0 unspecified atom stereocenters. The summed E-state index contributed by atoms with van der Waals surface area (Å²) >= 11 is 0. The van der Waals surface area contributed by atoms with Crippen LogP contribution in [0.15, 0.2) is 48.5 Å². The first-order valence-corrected chi connectivity index (χ1v) is 10.0. The molecule has 2 aromatic carbocycles. The van der Waals surface area contributed by atoms with E-state index in [1.54, 1.807) is 48.5 Å². The van der Waals surface area contributed by atoms with Crippen LogP contribution in [0, 0.1) is 5.92 Å². The maximum Gasteiger partial charge on any atom is 0.261 e. The van der Waals surface area contributed by atoms with Crippen molar-refractivity contribution in [3.63, 3.8) is 0 Å². The molecule has 0 saturated heterocycles. The zero-order valence-electron chi connectivity index (χ0n) is 16.1. The molecule has 2 aromatic rings. The summed E-state index contributed by atoms with van der Waals surface area (Å²) in [5.41, 5.74) is 0.0796. The van der Waals surface area contributed by atoms with Crippen LogP contribution in [-0.4, -0.2) is 22.7 Å². The Kier molecular flexibility index (Phi) is 5.20. The SMILES string of the molecule is O=C(C[C@@]1(O)C(=O)Nc2ccccc21)c1ccc(NC(=O)C2CCCCC2)cc1. The summed E-state index contributed by atoms with van der Waals surface area (Å²) in [6, 6.07) is 13.4. The number of rotatable bonds is 5. The molecular weight excluding hydrogens is 368 g/mol. The summed E-state index contributed by atoms with van der Waals surface area (Å²) in [6.45, 7) is 0. The van der Waals surface area contributed by atoms with Crippen molar-refractivity contribution in [1.82, 2.24) is 0 Å². The van der Waals surface area contributed by atoms with Crippen molar-refractivity contribution in [1.29, 1.82) is 0 Å². The Morgan fingerprint density at radius 1 is 1.03 bits per heavy atom. The highest BCUT2D eigenvalue weighted by Gasteiger charge is 2.46. The quantitative estimate of drug-likeness (QED) is 0.677. The Morgan fingerprint density at radius 2 is 1.72 bits per heavy atom. The van der Waals surface area contributed by atoms with E-state index in [2.05, 4.69) is 10.6 Å². The lowest BCUT2D eigenvalue weighted by molar-refractivity contribution is -0.133. The van der Waals surface area contributed by atoms with Gasteiger partial charge < -0.3 is 15.7 Å². The Morgan fingerprint density at radius 3 is 2.45 bits per heavy atom. The second-order valence-corrected chi connectivity index (χ2v) is 7.86. The smallest absolute Gasteiger partial charge is 0.261 e. The van der Waals surface area contributed by atoms with Gasteiger partial charge in [-0.05, 0) is 43.2 Å². The normalized spacial score (nSPS) is 21.3. The maximum atomic E-state index is 12.7. The van der Waals surface area contributed by atoms with E-state index in [4.69, 9.17) is 0 Å². The van der Waals surface area contributed by atoms with E-state index in [0.717, 1.165) is 25.7 Å². The molecule has 29 heavy (non-hydrogen) atoms. The molecular formula is C23H24N2O4. The number of hydrogen-bond acceptors (Lipinski definition) is 4. The summed E-state index contributed by atoms with van der Waals surface area (Å²) in [7, 11) is 0. The van der Waals surface area contributed by atoms with E-state index < -0.39 is 11.5 Å². The molecule has 1 aliphatic carbocycles. The van der Waals surface area contributed by atoms with Gasteiger partial charge in [-0.3, -0.25) is 14.4 Å². The lowest BCUT2D eigenvalue weighted by Crippen LogP contribution is -2.36. The standard InChI is InChI=1S/C23H24N2O4/c26-20(14-23(29)18-8-4-5-9-19(18)25-22(23)28)15-10-12-17(13-11-15)24-21(27)16-6-2-1-3-7-16/h4-5,8-13,16,29H,1-3,6-7,14H2,(H,24,27)(H,25,28)/t23-/m0/s1. The van der Waals surface area contributed by atoms with Gasteiger partial charge in [0.15, 0.2) is 11.4 Å². The van der Waals surface area contributed by atoms with Crippen molar-refractivity contribution in [3.05, 3.63) is 59.7 Å². The van der Waals surface area contributed by atoms with Gasteiger partial charge in [0.05, 0.1) is 6.42 Å². The first-order chi connectivity index (χ1) is 14.0. The van der Waals surface area contributed by atoms with E-state index in [1.165, 1.54) is 6.42 Å². The highest BCUT2D eigenvalue weighted by Crippen LogP contribution is 2.38. The fourth-order valence-corrected chi connectivity index (χ4v) is 4.16. The minimum absolute atomic E-state index is 0.0253. The first kappa shape index (κ1) is 19.3. The molecule has 4 rings (SSSR count). The van der Waals surface area contributed by atoms with Crippen molar-refractivity contribution in [2.75, 3.05) is 10.6 Å². The van der Waals surface area contributed by atoms with Crippen molar-refractivity contribution in [2.24, 2.45) is 5.92 Å². The van der Waals surface area contributed by atoms with Gasteiger partial charge in [0, 0.05) is 28.4 Å². The number of Topliss-reactive ketones (excluding diaryl/α,β-unsaturated/α-hetero) is 1. The number of hydrogen-bond donors (Lipinski definition) is 3. The molecule has 2 amide bonds. The van der Waals surface area contributed by atoms with E-state index in [1.807, 2.05) is 0 Å². The van der Waals surface area contributed by atoms with E-state index in [-0.39, 0.29) is 24.0 Å². The van der Waals surface area contributed by atoms with Crippen LogP contribution in [0.3, 0.4) is 0 Å². The summed E-state index contributed by atoms with van der Waals surface area (Å²) in [5, 5.41) is 16.4. The van der Waals surface area contributed by atoms with Gasteiger partial charge in [-0.15, -0.1) is 0 Å². The predicted octanol–water partition coefficient (Wildman–Crippen LogP) is 3.62. The van der Waals surface area contributed by atoms with Crippen molar-refractivity contribution in [2.45, 2.75) is 44.1 Å². The minimum Gasteiger partial charge on any atom is -0.375 e. The molecule has 6 heteroatoms. The third-order valence-corrected chi connectivity index (χ3v) is 5.86. The summed E-state index contributed by atoms with van der Waals surface area (Å²) < 4.78 is 0. The zero-order chi connectivity index (χ0) is 20.4. The molecule has 1 atom stereocenters. The van der Waals surface area contributed by atoms with Gasteiger partial charge in [0.2, 0.25) is 5.91 Å². The van der Waals surface area contributed by atoms with Crippen LogP contribution in [0.1, 0.15) is 54.4 Å². The molecule has 0 aromatic heterocycles. The minimum atomic E-state index is -1.87. The maximum absolute atomic E-state index is 12.7. The number of ketones is 1. The second-order valence-electron chi connectivity index (χ2n) is 7.86. The number of fused-ring (bicyclic) bond motifs is 1. The Bertz CT molecular complexity index is 948. The summed E-state index contributed by atoms with van der Waals surface area (Å²) in [6.07, 6.45) is 4.87. The Labute approximate surface area is 169 Å². The van der Waals surface area contributed by atoms with Crippen LogP contribution in [0.5, 0.6) is 0 Å². The molecule has 0 radical (unpaired) electrons. The number of anilines is 2. The molecule has 1 fully saturated rings. The Balaban J connectivity index is 1.43. The molecule has 1 saturated carbocycles. The van der Waals surface area contributed by atoms with Crippen molar-refractivity contribution in [3.8, 4) is 0 Å². The number of nitrogens with one attached hydrogen (secondary N) is 2. The number of amides is 2. The van der Waals surface area contributed by atoms with Crippen LogP contribution in [0.2, 0.25) is 0 Å². The van der Waals surface area contributed by atoms with E-state index in [9.17, 15) is 19.5 Å². The van der Waals surface area contributed by atoms with Gasteiger partial charge in [-0.1, -0.05) is 37.5 Å². The monoisotopic (exact) mass is 392 g/mol. The third kappa shape index (κ3) is 3.80. The lowest BCUT2D eigenvalue weighted by Gasteiger charge is -2.21. The van der Waals surface area contributed by atoms with Crippen LogP contribution >= 0.6 is 0 Å². The highest BCUT2D eigenvalue weighted by atomic mass is 16.3. The lowest BCUT2D eigenvalue weighted by atomic mass is 9.88. The predicted molar refractivity (Wildman–Crippen MR) is 110 cm³/mol. The third-order valence-electron chi connectivity index (χ3n) is 5.86. The number of benzene rings is 2. The average Bonchev–Trinajstić information content (AvgIpc) is 2.99. The largest absolute Gasteiger partial charge is 0.375 e. The Hall–Kier alpha value is -2.99. The van der Waals surface area contributed by atoms with Gasteiger partial charge in [-0.2, -0.15) is 0 Å². The topological polar surface area (TPSA) is 95.5 Å². The number of para-hydroxylation sites is 1. The number of carbonyl (C=O) groups excluding carboxylic acids is 3. The highest BCUT2D eigenvalue weighted by molar-refractivity contribution is 6.09. The molecule has 2 aliphatic rings. The van der Waals surface area contributed by atoms with Crippen LogP contribution in [0.25, 0.3) is 0 Å².